The fourth-order valence-corrected chi connectivity index (χ4v) is 1.99. The summed E-state index contributed by atoms with van der Waals surface area (Å²) in [6.45, 7) is 0. The highest BCUT2D eigenvalue weighted by atomic mass is 35.5. The number of pyridine rings is 1. The summed E-state index contributed by atoms with van der Waals surface area (Å²) in [5, 5.41) is 15.8. The zero-order valence-electron chi connectivity index (χ0n) is 10.4. The minimum absolute atomic E-state index is 0.103. The van der Waals surface area contributed by atoms with Crippen LogP contribution in [0.5, 0.6) is 5.75 Å². The maximum Gasteiger partial charge on any atom is 0.259 e. The summed E-state index contributed by atoms with van der Waals surface area (Å²) in [6, 6.07) is 5.99. The van der Waals surface area contributed by atoms with Gasteiger partial charge in [-0.15, -0.1) is 0 Å². The molecular weight excluding hydrogens is 301 g/mol. The predicted molar refractivity (Wildman–Crippen MR) is 79.9 cm³/mol. The van der Waals surface area contributed by atoms with E-state index in [-0.39, 0.29) is 16.3 Å². The normalized spacial score (nSPS) is 10.2. The monoisotopic (exact) mass is 311 g/mol. The Morgan fingerprint density at radius 3 is 2.60 bits per heavy atom. The summed E-state index contributed by atoms with van der Waals surface area (Å²) >= 11 is 11.6. The Hall–Kier alpha value is -1.98. The van der Waals surface area contributed by atoms with Crippen LogP contribution in [0.15, 0.2) is 30.5 Å². The molecule has 0 saturated carbocycles. The van der Waals surface area contributed by atoms with Gasteiger partial charge in [-0.05, 0) is 18.2 Å². The Balaban J connectivity index is 2.31. The third-order valence-electron chi connectivity index (χ3n) is 2.55. The molecule has 0 unspecified atom stereocenters. The predicted octanol–water partition coefficient (Wildman–Crippen LogP) is 3.39. The number of amides is 1. The van der Waals surface area contributed by atoms with Gasteiger partial charge >= 0.3 is 0 Å². The molecule has 1 heterocycles. The van der Waals surface area contributed by atoms with Crippen LogP contribution < -0.4 is 10.6 Å². The van der Waals surface area contributed by atoms with Gasteiger partial charge in [-0.25, -0.2) is 4.98 Å². The number of nitrogens with one attached hydrogen (secondary N) is 2. The number of phenolic OH excluding ortho intramolecular Hbond substituents is 1. The molecule has 104 valence electrons. The number of aromatic hydroxyl groups is 1. The number of nitrogens with zero attached hydrogens (tertiary/aromatic N) is 1. The molecule has 0 saturated heterocycles. The highest BCUT2D eigenvalue weighted by molar-refractivity contribution is 6.31. The first-order chi connectivity index (χ1) is 9.51. The summed E-state index contributed by atoms with van der Waals surface area (Å²) in [5.41, 5.74) is 0.509. The molecule has 1 aromatic heterocycles. The maximum atomic E-state index is 12.2. The van der Waals surface area contributed by atoms with Gasteiger partial charge in [-0.2, -0.15) is 0 Å². The van der Waals surface area contributed by atoms with Crippen LogP contribution in [0.2, 0.25) is 10.0 Å². The van der Waals surface area contributed by atoms with Gasteiger partial charge in [0.25, 0.3) is 5.91 Å². The lowest BCUT2D eigenvalue weighted by atomic mass is 10.1. The van der Waals surface area contributed by atoms with Crippen molar-refractivity contribution in [1.29, 1.82) is 0 Å². The Bertz CT molecular complexity index is 645. The van der Waals surface area contributed by atoms with Crippen LogP contribution in [0.25, 0.3) is 0 Å². The van der Waals surface area contributed by atoms with E-state index in [0.29, 0.717) is 16.5 Å². The van der Waals surface area contributed by atoms with Gasteiger partial charge in [0.05, 0.1) is 16.3 Å². The summed E-state index contributed by atoms with van der Waals surface area (Å²) < 4.78 is 0. The molecule has 1 aromatic carbocycles. The number of phenols is 1. The lowest BCUT2D eigenvalue weighted by Gasteiger charge is -2.11. The maximum absolute atomic E-state index is 12.2. The van der Waals surface area contributed by atoms with Gasteiger partial charge in [-0.3, -0.25) is 4.79 Å². The number of carbonyl (C=O) groups excluding carboxylic acids is 1. The van der Waals surface area contributed by atoms with Crippen LogP contribution >= 0.6 is 23.2 Å². The largest absolute Gasteiger partial charge is 0.506 e. The van der Waals surface area contributed by atoms with Crippen LogP contribution in [0.3, 0.4) is 0 Å². The van der Waals surface area contributed by atoms with Crippen molar-refractivity contribution in [3.63, 3.8) is 0 Å². The van der Waals surface area contributed by atoms with Crippen LogP contribution in [-0.2, 0) is 0 Å². The molecule has 0 atom stereocenters. The smallest absolute Gasteiger partial charge is 0.259 e. The molecule has 0 aliphatic carbocycles. The molecule has 7 heteroatoms. The van der Waals surface area contributed by atoms with E-state index >= 15 is 0 Å². The van der Waals surface area contributed by atoms with Gasteiger partial charge in [-0.1, -0.05) is 23.2 Å². The highest BCUT2D eigenvalue weighted by Gasteiger charge is 2.16. The minimum Gasteiger partial charge on any atom is -0.506 e. The van der Waals surface area contributed by atoms with E-state index < -0.39 is 5.91 Å². The average molecular weight is 312 g/mol. The van der Waals surface area contributed by atoms with Crippen molar-refractivity contribution >= 4 is 40.6 Å². The third kappa shape index (κ3) is 3.12. The topological polar surface area (TPSA) is 74.2 Å². The van der Waals surface area contributed by atoms with E-state index in [2.05, 4.69) is 15.6 Å². The number of hydrogen-bond acceptors (Lipinski definition) is 4. The van der Waals surface area contributed by atoms with E-state index in [1.807, 2.05) is 0 Å². The second-order valence-electron chi connectivity index (χ2n) is 3.91. The standard InChI is InChI=1S/C13H11Cl2N3O2/c1-16-12-9(4-8(15)5-10(12)19)13(20)18-11-3-2-7(14)6-17-11/h2-6,16,19H,1H3,(H,17,18,20). The van der Waals surface area contributed by atoms with Crippen molar-refractivity contribution in [3.8, 4) is 5.75 Å². The van der Waals surface area contributed by atoms with Crippen LogP contribution in [0.4, 0.5) is 11.5 Å². The van der Waals surface area contributed by atoms with Gasteiger partial charge in [0, 0.05) is 24.3 Å². The number of rotatable bonds is 3. The minimum atomic E-state index is -0.443. The summed E-state index contributed by atoms with van der Waals surface area (Å²) in [4.78, 5) is 16.2. The van der Waals surface area contributed by atoms with Crippen molar-refractivity contribution in [3.05, 3.63) is 46.1 Å². The molecule has 0 fully saturated rings. The Morgan fingerprint density at radius 1 is 1.25 bits per heavy atom. The van der Waals surface area contributed by atoms with E-state index in [1.54, 1.807) is 19.2 Å². The molecule has 1 amide bonds. The van der Waals surface area contributed by atoms with Crippen LogP contribution in [0.1, 0.15) is 10.4 Å². The van der Waals surface area contributed by atoms with Crippen molar-refractivity contribution in [2.75, 3.05) is 17.7 Å². The first-order valence-electron chi connectivity index (χ1n) is 5.64. The number of hydrogen-bond donors (Lipinski definition) is 3. The molecule has 0 aliphatic heterocycles. The Labute approximate surface area is 125 Å². The van der Waals surface area contributed by atoms with Gasteiger partial charge < -0.3 is 15.7 Å². The zero-order valence-corrected chi connectivity index (χ0v) is 12.0. The first kappa shape index (κ1) is 14.4. The average Bonchev–Trinajstić information content (AvgIpc) is 2.40. The molecule has 3 N–H and O–H groups in total. The lowest BCUT2D eigenvalue weighted by molar-refractivity contribution is 0.102. The van der Waals surface area contributed by atoms with Crippen molar-refractivity contribution in [1.82, 2.24) is 4.98 Å². The SMILES string of the molecule is CNc1c(O)cc(Cl)cc1C(=O)Nc1ccc(Cl)cn1. The number of anilines is 2. The van der Waals surface area contributed by atoms with Crippen molar-refractivity contribution in [2.45, 2.75) is 0 Å². The second kappa shape index (κ2) is 5.98. The number of halogens is 2. The molecule has 2 rings (SSSR count). The van der Waals surface area contributed by atoms with E-state index in [4.69, 9.17) is 23.2 Å². The molecule has 0 spiro atoms. The van der Waals surface area contributed by atoms with Gasteiger partial charge in [0.1, 0.15) is 11.6 Å². The highest BCUT2D eigenvalue weighted by Crippen LogP contribution is 2.31. The number of carbonyl (C=O) groups is 1. The molecule has 20 heavy (non-hydrogen) atoms. The van der Waals surface area contributed by atoms with Crippen LogP contribution in [-0.4, -0.2) is 23.0 Å². The zero-order chi connectivity index (χ0) is 14.7. The van der Waals surface area contributed by atoms with Crippen molar-refractivity contribution < 1.29 is 9.90 Å². The second-order valence-corrected chi connectivity index (χ2v) is 4.79. The van der Waals surface area contributed by atoms with E-state index in [9.17, 15) is 9.90 Å². The van der Waals surface area contributed by atoms with Gasteiger partial charge in [0.2, 0.25) is 0 Å². The van der Waals surface area contributed by atoms with Crippen LogP contribution in [0, 0.1) is 0 Å². The van der Waals surface area contributed by atoms with Gasteiger partial charge in [0.15, 0.2) is 0 Å². The fourth-order valence-electron chi connectivity index (χ4n) is 1.67. The summed E-state index contributed by atoms with van der Waals surface area (Å²) in [6.07, 6.45) is 1.42. The molecule has 0 aliphatic rings. The molecular formula is C13H11Cl2N3O2. The summed E-state index contributed by atoms with van der Waals surface area (Å²) in [5.74, 6) is -0.197. The molecule has 2 aromatic rings. The first-order valence-corrected chi connectivity index (χ1v) is 6.40. The van der Waals surface area contributed by atoms with E-state index in [0.717, 1.165) is 0 Å². The fraction of sp³-hybridized carbons (Fsp3) is 0.0769. The third-order valence-corrected chi connectivity index (χ3v) is 2.99. The Morgan fingerprint density at radius 2 is 2.00 bits per heavy atom. The Kier molecular flexibility index (Phi) is 4.32. The van der Waals surface area contributed by atoms with E-state index in [1.165, 1.54) is 18.3 Å². The molecule has 5 nitrogen and oxygen atoms in total. The summed E-state index contributed by atoms with van der Waals surface area (Å²) in [7, 11) is 1.60. The number of benzene rings is 1. The quantitative estimate of drug-likeness (QED) is 0.760. The molecule has 0 bridgehead atoms. The lowest BCUT2D eigenvalue weighted by Crippen LogP contribution is -2.15. The van der Waals surface area contributed by atoms with Crippen molar-refractivity contribution in [2.24, 2.45) is 0 Å². The number of aromatic nitrogens is 1. The molecule has 0 radical (unpaired) electrons.